The van der Waals surface area contributed by atoms with E-state index in [1.54, 1.807) is 7.11 Å². The lowest BCUT2D eigenvalue weighted by atomic mass is 9.60. The van der Waals surface area contributed by atoms with E-state index < -0.39 is 0 Å². The smallest absolute Gasteiger partial charge is 0.138 e. The minimum Gasteiger partial charge on any atom is -0.497 e. The average molecular weight is 202 g/mol. The summed E-state index contributed by atoms with van der Waals surface area (Å²) in [6, 6.07) is 6.18. The van der Waals surface area contributed by atoms with Crippen LogP contribution in [0.2, 0.25) is 0 Å². The van der Waals surface area contributed by atoms with E-state index in [2.05, 4.69) is 19.1 Å². The van der Waals surface area contributed by atoms with Crippen LogP contribution < -0.4 is 4.74 Å². The van der Waals surface area contributed by atoms with Gasteiger partial charge in [-0.2, -0.15) is 0 Å². The highest BCUT2D eigenvalue weighted by Crippen LogP contribution is 2.54. The van der Waals surface area contributed by atoms with E-state index in [1.165, 1.54) is 11.1 Å². The molecule has 2 aliphatic rings. The van der Waals surface area contributed by atoms with Crippen LogP contribution in [0, 0.1) is 5.92 Å². The number of hydrogen-bond acceptors (Lipinski definition) is 2. The molecular formula is C13H14O2. The Bertz CT molecular complexity index is 450. The molecule has 0 N–H and O–H groups in total. The Hall–Kier alpha value is -1.31. The summed E-state index contributed by atoms with van der Waals surface area (Å²) in [5, 5.41) is 0. The van der Waals surface area contributed by atoms with Gasteiger partial charge in [-0.25, -0.2) is 0 Å². The summed E-state index contributed by atoms with van der Waals surface area (Å²) in [7, 11) is 1.68. The van der Waals surface area contributed by atoms with Gasteiger partial charge in [0, 0.05) is 17.8 Å². The zero-order valence-electron chi connectivity index (χ0n) is 9.04. The van der Waals surface area contributed by atoms with Gasteiger partial charge in [0.05, 0.1) is 7.11 Å². The van der Waals surface area contributed by atoms with Crippen LogP contribution in [0.5, 0.6) is 5.75 Å². The maximum atomic E-state index is 11.5. The number of fused-ring (bicyclic) bond motifs is 3. The van der Waals surface area contributed by atoms with Crippen molar-refractivity contribution in [3.05, 3.63) is 29.3 Å². The molecule has 0 aliphatic heterocycles. The number of Topliss-reactive ketones (excluding diaryl/α,β-unsaturated/α-hetero) is 1. The molecule has 2 heteroatoms. The first-order valence-electron chi connectivity index (χ1n) is 5.35. The van der Waals surface area contributed by atoms with E-state index in [9.17, 15) is 4.79 Å². The van der Waals surface area contributed by atoms with E-state index in [1.807, 2.05) is 6.07 Å². The first kappa shape index (κ1) is 8.96. The van der Waals surface area contributed by atoms with Crippen LogP contribution in [-0.2, 0) is 16.6 Å². The van der Waals surface area contributed by atoms with Gasteiger partial charge in [0.2, 0.25) is 0 Å². The van der Waals surface area contributed by atoms with Crippen molar-refractivity contribution in [1.29, 1.82) is 0 Å². The second kappa shape index (κ2) is 2.63. The Balaban J connectivity index is 2.11. The molecule has 1 fully saturated rings. The highest BCUT2D eigenvalue weighted by molar-refractivity contribution is 5.93. The molecule has 0 aromatic heterocycles. The van der Waals surface area contributed by atoms with Crippen LogP contribution in [-0.4, -0.2) is 12.9 Å². The van der Waals surface area contributed by atoms with Crippen LogP contribution in [0.3, 0.4) is 0 Å². The number of ether oxygens (including phenoxy) is 1. The maximum Gasteiger partial charge on any atom is 0.138 e. The number of benzene rings is 1. The Kier molecular flexibility index (Phi) is 1.57. The molecule has 0 heterocycles. The molecule has 15 heavy (non-hydrogen) atoms. The second-order valence-corrected chi connectivity index (χ2v) is 4.84. The summed E-state index contributed by atoms with van der Waals surface area (Å²) in [4.78, 5) is 11.5. The molecule has 1 aromatic carbocycles. The van der Waals surface area contributed by atoms with Crippen LogP contribution in [0.25, 0.3) is 0 Å². The number of methoxy groups -OCH3 is 1. The second-order valence-electron chi connectivity index (χ2n) is 4.84. The third kappa shape index (κ3) is 0.969. The number of hydrogen-bond donors (Lipinski definition) is 0. The molecule has 78 valence electrons. The Morgan fingerprint density at radius 1 is 1.47 bits per heavy atom. The highest BCUT2D eigenvalue weighted by Gasteiger charge is 2.55. The summed E-state index contributed by atoms with van der Waals surface area (Å²) >= 11 is 0. The van der Waals surface area contributed by atoms with E-state index >= 15 is 0 Å². The molecule has 2 atom stereocenters. The predicted octanol–water partition coefficient (Wildman–Crippen LogP) is 2.10. The number of rotatable bonds is 1. The lowest BCUT2D eigenvalue weighted by Crippen LogP contribution is -2.47. The minimum atomic E-state index is 0.0982. The number of carbonyl (C=O) groups excluding carboxylic acids is 1. The number of ketones is 1. The maximum absolute atomic E-state index is 11.5. The molecule has 0 saturated heterocycles. The Morgan fingerprint density at radius 3 is 2.93 bits per heavy atom. The average Bonchev–Trinajstić information content (AvgIpc) is 2.47. The first-order chi connectivity index (χ1) is 7.15. The summed E-state index contributed by atoms with van der Waals surface area (Å²) in [5.74, 6) is 1.56. The van der Waals surface area contributed by atoms with E-state index in [-0.39, 0.29) is 11.3 Å². The van der Waals surface area contributed by atoms with Gasteiger partial charge in [0.15, 0.2) is 0 Å². The van der Waals surface area contributed by atoms with Crippen molar-refractivity contribution in [3.63, 3.8) is 0 Å². The third-order valence-electron chi connectivity index (χ3n) is 4.06. The molecular weight excluding hydrogens is 188 g/mol. The fourth-order valence-corrected chi connectivity index (χ4v) is 3.07. The Labute approximate surface area is 89.2 Å². The van der Waals surface area contributed by atoms with Crippen LogP contribution in [0.15, 0.2) is 18.2 Å². The lowest BCUT2D eigenvalue weighted by molar-refractivity contribution is -0.134. The van der Waals surface area contributed by atoms with Crippen LogP contribution in [0.1, 0.15) is 24.5 Å². The molecule has 1 saturated carbocycles. The van der Waals surface area contributed by atoms with Crippen molar-refractivity contribution in [3.8, 4) is 5.75 Å². The van der Waals surface area contributed by atoms with Crippen molar-refractivity contribution in [2.75, 3.05) is 7.11 Å². The van der Waals surface area contributed by atoms with Gasteiger partial charge in [-0.05, 0) is 29.7 Å². The molecule has 1 aromatic rings. The summed E-state index contributed by atoms with van der Waals surface area (Å²) in [6.45, 7) is 2.20. The molecule has 0 amide bonds. The largest absolute Gasteiger partial charge is 0.497 e. The van der Waals surface area contributed by atoms with Crippen molar-refractivity contribution >= 4 is 5.78 Å². The summed E-state index contributed by atoms with van der Waals surface area (Å²) in [5.41, 5.74) is 2.75. The monoisotopic (exact) mass is 202 g/mol. The topological polar surface area (TPSA) is 26.3 Å². The van der Waals surface area contributed by atoms with Gasteiger partial charge >= 0.3 is 0 Å². The van der Waals surface area contributed by atoms with Gasteiger partial charge < -0.3 is 4.74 Å². The molecule has 0 unspecified atom stereocenters. The third-order valence-corrected chi connectivity index (χ3v) is 4.06. The van der Waals surface area contributed by atoms with Crippen LogP contribution >= 0.6 is 0 Å². The molecule has 3 rings (SSSR count). The zero-order chi connectivity index (χ0) is 10.6. The number of carbonyl (C=O) groups is 1. The minimum absolute atomic E-state index is 0.0982. The molecule has 2 nitrogen and oxygen atoms in total. The van der Waals surface area contributed by atoms with Gasteiger partial charge in [-0.1, -0.05) is 13.0 Å². The van der Waals surface area contributed by atoms with Gasteiger partial charge in [-0.15, -0.1) is 0 Å². The quantitative estimate of drug-likeness (QED) is 0.697. The normalized spacial score (nSPS) is 31.9. The van der Waals surface area contributed by atoms with Crippen molar-refractivity contribution in [1.82, 2.24) is 0 Å². The van der Waals surface area contributed by atoms with E-state index in [0.29, 0.717) is 12.2 Å². The molecule has 0 radical (unpaired) electrons. The molecule has 2 aliphatic carbocycles. The van der Waals surface area contributed by atoms with E-state index in [0.717, 1.165) is 12.2 Å². The standard InChI is InChI=1S/C13H14O2/c1-13-7-12(14)11(13)5-8-3-4-9(15-2)6-10(8)13/h3-4,6,11H,5,7H2,1-2H3/t11-,13+/m0/s1. The SMILES string of the molecule is COc1ccc2c(c1)[C@@]1(C)CC(=O)[C@@H]1C2. The van der Waals surface area contributed by atoms with Crippen molar-refractivity contribution in [2.24, 2.45) is 5.92 Å². The van der Waals surface area contributed by atoms with Crippen molar-refractivity contribution < 1.29 is 9.53 Å². The molecule has 0 bridgehead atoms. The lowest BCUT2D eigenvalue weighted by Gasteiger charge is -2.41. The zero-order valence-corrected chi connectivity index (χ0v) is 9.04. The summed E-state index contributed by atoms with van der Waals surface area (Å²) < 4.78 is 5.23. The highest BCUT2D eigenvalue weighted by atomic mass is 16.5. The van der Waals surface area contributed by atoms with Gasteiger partial charge in [0.25, 0.3) is 0 Å². The first-order valence-corrected chi connectivity index (χ1v) is 5.35. The van der Waals surface area contributed by atoms with Gasteiger partial charge in [0.1, 0.15) is 11.5 Å². The predicted molar refractivity (Wildman–Crippen MR) is 57.2 cm³/mol. The fourth-order valence-electron chi connectivity index (χ4n) is 3.07. The fraction of sp³-hybridized carbons (Fsp3) is 0.462. The Morgan fingerprint density at radius 2 is 2.27 bits per heavy atom. The van der Waals surface area contributed by atoms with Gasteiger partial charge in [-0.3, -0.25) is 4.79 Å². The molecule has 0 spiro atoms. The van der Waals surface area contributed by atoms with E-state index in [4.69, 9.17) is 4.74 Å². The summed E-state index contributed by atoms with van der Waals surface area (Å²) in [6.07, 6.45) is 1.63. The van der Waals surface area contributed by atoms with Crippen LogP contribution in [0.4, 0.5) is 0 Å². The van der Waals surface area contributed by atoms with Crippen molar-refractivity contribution in [2.45, 2.75) is 25.2 Å².